The van der Waals surface area contributed by atoms with Crippen molar-refractivity contribution in [3.8, 4) is 0 Å². The summed E-state index contributed by atoms with van der Waals surface area (Å²) in [6.45, 7) is 8.44. The molecule has 0 aliphatic heterocycles. The second kappa shape index (κ2) is 16.4. The zero-order valence-corrected chi connectivity index (χ0v) is 14.4. The summed E-state index contributed by atoms with van der Waals surface area (Å²) >= 11 is 0. The Bertz CT molecular complexity index is 155. The smallest absolute Gasteiger partial charge is 0.170 e. The van der Waals surface area contributed by atoms with Crippen molar-refractivity contribution in [1.82, 2.24) is 0 Å². The van der Waals surface area contributed by atoms with Crippen LogP contribution in [0.15, 0.2) is 0 Å². The number of hydrogen-bond acceptors (Lipinski definition) is 2. The van der Waals surface area contributed by atoms with Gasteiger partial charge in [0.2, 0.25) is 0 Å². The topological polar surface area (TPSA) is 18.5 Å². The molecular formula is C16H35O2P. The molecule has 0 aromatic rings. The highest BCUT2D eigenvalue weighted by Crippen LogP contribution is 2.39. The first-order valence-corrected chi connectivity index (χ1v) is 9.74. The molecular weight excluding hydrogens is 255 g/mol. The normalized spacial score (nSPS) is 11.4. The average Bonchev–Trinajstić information content (AvgIpc) is 2.42. The molecule has 0 rings (SSSR count). The molecule has 0 atom stereocenters. The molecule has 0 aromatic carbocycles. The van der Waals surface area contributed by atoms with Gasteiger partial charge in [-0.2, -0.15) is 0 Å². The van der Waals surface area contributed by atoms with Crippen molar-refractivity contribution in [1.29, 1.82) is 0 Å². The maximum Gasteiger partial charge on any atom is 0.170 e. The summed E-state index contributed by atoms with van der Waals surface area (Å²) in [5, 5.41) is 0. The Balaban J connectivity index is 3.58. The maximum atomic E-state index is 5.90. The Labute approximate surface area is 122 Å². The fourth-order valence-corrected chi connectivity index (χ4v) is 3.29. The summed E-state index contributed by atoms with van der Waals surface area (Å²) in [6.07, 6.45) is 13.9. The molecule has 0 amide bonds. The Morgan fingerprint density at radius 2 is 1.05 bits per heavy atom. The minimum absolute atomic E-state index is 0.608. The summed E-state index contributed by atoms with van der Waals surface area (Å²) in [6, 6.07) is 0. The molecule has 3 heteroatoms. The fraction of sp³-hybridized carbons (Fsp3) is 1.00. The molecule has 2 nitrogen and oxygen atoms in total. The van der Waals surface area contributed by atoms with E-state index in [1.807, 2.05) is 0 Å². The van der Waals surface area contributed by atoms with E-state index >= 15 is 0 Å². The summed E-state index contributed by atoms with van der Waals surface area (Å²) in [7, 11) is -0.608. The van der Waals surface area contributed by atoms with Crippen LogP contribution in [0.4, 0.5) is 0 Å². The van der Waals surface area contributed by atoms with Gasteiger partial charge in [-0.05, 0) is 19.3 Å². The van der Waals surface area contributed by atoms with Crippen molar-refractivity contribution in [2.75, 3.05) is 19.4 Å². The molecule has 0 unspecified atom stereocenters. The third kappa shape index (κ3) is 14.6. The van der Waals surface area contributed by atoms with Crippen LogP contribution in [-0.4, -0.2) is 19.4 Å². The molecule has 0 heterocycles. The summed E-state index contributed by atoms with van der Waals surface area (Å²) in [4.78, 5) is 0. The van der Waals surface area contributed by atoms with Gasteiger partial charge in [-0.3, -0.25) is 0 Å². The van der Waals surface area contributed by atoms with Gasteiger partial charge in [0.15, 0.2) is 8.38 Å². The van der Waals surface area contributed by atoms with Crippen molar-refractivity contribution < 1.29 is 9.05 Å². The lowest BCUT2D eigenvalue weighted by Gasteiger charge is -2.17. The van der Waals surface area contributed by atoms with Gasteiger partial charge in [0.25, 0.3) is 0 Å². The van der Waals surface area contributed by atoms with E-state index in [1.54, 1.807) is 0 Å². The van der Waals surface area contributed by atoms with E-state index in [4.69, 9.17) is 9.05 Å². The van der Waals surface area contributed by atoms with Gasteiger partial charge >= 0.3 is 0 Å². The molecule has 0 aliphatic rings. The number of hydrogen-bond donors (Lipinski definition) is 0. The first-order chi connectivity index (χ1) is 9.35. The Morgan fingerprint density at radius 1 is 0.579 bits per heavy atom. The van der Waals surface area contributed by atoms with Crippen LogP contribution in [0, 0.1) is 0 Å². The minimum atomic E-state index is -0.608. The lowest BCUT2D eigenvalue weighted by Crippen LogP contribution is -1.99. The molecule has 0 bridgehead atoms. The highest BCUT2D eigenvalue weighted by molar-refractivity contribution is 7.47. The predicted molar refractivity (Wildman–Crippen MR) is 86.9 cm³/mol. The minimum Gasteiger partial charge on any atom is -0.334 e. The molecule has 0 aromatic heterocycles. The van der Waals surface area contributed by atoms with Crippen LogP contribution in [0.2, 0.25) is 0 Å². The van der Waals surface area contributed by atoms with Crippen LogP contribution in [0.1, 0.15) is 85.0 Å². The third-order valence-corrected chi connectivity index (χ3v) is 4.78. The molecule has 0 N–H and O–H groups in total. The molecule has 0 aliphatic carbocycles. The first-order valence-electron chi connectivity index (χ1n) is 8.38. The highest BCUT2D eigenvalue weighted by Gasteiger charge is 2.09. The van der Waals surface area contributed by atoms with Crippen LogP contribution in [0.5, 0.6) is 0 Å². The Hall–Kier alpha value is 0.350. The van der Waals surface area contributed by atoms with E-state index in [-0.39, 0.29) is 0 Å². The van der Waals surface area contributed by atoms with Gasteiger partial charge in [0, 0.05) is 6.16 Å². The van der Waals surface area contributed by atoms with Crippen molar-refractivity contribution in [2.24, 2.45) is 0 Å². The molecule has 0 saturated heterocycles. The van der Waals surface area contributed by atoms with Gasteiger partial charge in [-0.25, -0.2) is 0 Å². The van der Waals surface area contributed by atoms with Gasteiger partial charge in [0.1, 0.15) is 0 Å². The SMILES string of the molecule is CCCCCCCCP(OCCCC)OCCCC. The highest BCUT2D eigenvalue weighted by atomic mass is 31.2. The molecule has 0 radical (unpaired) electrons. The first kappa shape index (κ1) is 19.4. The third-order valence-electron chi connectivity index (χ3n) is 3.16. The van der Waals surface area contributed by atoms with Crippen molar-refractivity contribution in [3.63, 3.8) is 0 Å². The van der Waals surface area contributed by atoms with Gasteiger partial charge in [-0.15, -0.1) is 0 Å². The van der Waals surface area contributed by atoms with Crippen LogP contribution in [-0.2, 0) is 9.05 Å². The quantitative estimate of drug-likeness (QED) is 0.260. The van der Waals surface area contributed by atoms with Gasteiger partial charge in [-0.1, -0.05) is 65.7 Å². The Kier molecular flexibility index (Phi) is 16.7. The van der Waals surface area contributed by atoms with Gasteiger partial charge < -0.3 is 9.05 Å². The van der Waals surface area contributed by atoms with Crippen molar-refractivity contribution >= 4 is 8.38 Å². The van der Waals surface area contributed by atoms with E-state index < -0.39 is 8.38 Å². The van der Waals surface area contributed by atoms with E-state index in [0.29, 0.717) is 0 Å². The number of rotatable bonds is 15. The predicted octanol–water partition coefficient (Wildman–Crippen LogP) is 6.29. The molecule has 19 heavy (non-hydrogen) atoms. The second-order valence-electron chi connectivity index (χ2n) is 5.20. The van der Waals surface area contributed by atoms with E-state index in [9.17, 15) is 0 Å². The molecule has 0 spiro atoms. The summed E-state index contributed by atoms with van der Waals surface area (Å²) in [5.41, 5.74) is 0. The second-order valence-corrected chi connectivity index (χ2v) is 6.83. The zero-order valence-electron chi connectivity index (χ0n) is 13.5. The summed E-state index contributed by atoms with van der Waals surface area (Å²) in [5.74, 6) is 0. The maximum absolute atomic E-state index is 5.90. The summed E-state index contributed by atoms with van der Waals surface area (Å²) < 4.78 is 11.8. The standard InChI is InChI=1S/C16H35O2P/c1-4-7-10-11-12-13-16-19(17-14-8-5-2)18-15-9-6-3/h4-16H2,1-3H3. The van der Waals surface area contributed by atoms with Crippen molar-refractivity contribution in [3.05, 3.63) is 0 Å². The largest absolute Gasteiger partial charge is 0.334 e. The average molecular weight is 290 g/mol. The molecule has 0 saturated carbocycles. The monoisotopic (exact) mass is 290 g/mol. The Morgan fingerprint density at radius 3 is 1.58 bits per heavy atom. The van der Waals surface area contributed by atoms with Gasteiger partial charge in [0.05, 0.1) is 13.2 Å². The lowest BCUT2D eigenvalue weighted by molar-refractivity contribution is 0.242. The zero-order chi connectivity index (χ0) is 14.2. The molecule has 116 valence electrons. The van der Waals surface area contributed by atoms with Crippen LogP contribution >= 0.6 is 8.38 Å². The van der Waals surface area contributed by atoms with Crippen molar-refractivity contribution in [2.45, 2.75) is 85.0 Å². The van der Waals surface area contributed by atoms with E-state index in [1.165, 1.54) is 51.4 Å². The fourth-order valence-electron chi connectivity index (χ4n) is 1.81. The van der Waals surface area contributed by atoms with E-state index in [2.05, 4.69) is 20.8 Å². The van der Waals surface area contributed by atoms with Crippen LogP contribution in [0.3, 0.4) is 0 Å². The van der Waals surface area contributed by atoms with E-state index in [0.717, 1.165) is 32.2 Å². The van der Waals surface area contributed by atoms with Crippen LogP contribution in [0.25, 0.3) is 0 Å². The molecule has 0 fully saturated rings. The number of unbranched alkanes of at least 4 members (excludes halogenated alkanes) is 7. The van der Waals surface area contributed by atoms with Crippen LogP contribution < -0.4 is 0 Å². The lowest BCUT2D eigenvalue weighted by atomic mass is 10.1.